The summed E-state index contributed by atoms with van der Waals surface area (Å²) >= 11 is 3.19. The van der Waals surface area contributed by atoms with Crippen molar-refractivity contribution in [3.63, 3.8) is 0 Å². The Kier molecular flexibility index (Phi) is 5.40. The van der Waals surface area contributed by atoms with E-state index in [0.717, 1.165) is 19.6 Å². The van der Waals surface area contributed by atoms with Crippen LogP contribution < -0.4 is 0 Å². The number of carboxylic acid groups (broad SMARTS) is 1. The van der Waals surface area contributed by atoms with Crippen molar-refractivity contribution < 1.29 is 18.3 Å². The summed E-state index contributed by atoms with van der Waals surface area (Å²) in [5.74, 6) is -1.10. The molecule has 1 saturated heterocycles. The molecular formula is C14H18BrNO4S. The van der Waals surface area contributed by atoms with Crippen molar-refractivity contribution in [1.29, 1.82) is 0 Å². The summed E-state index contributed by atoms with van der Waals surface area (Å²) < 4.78 is 25.1. The predicted molar refractivity (Wildman–Crippen MR) is 83.4 cm³/mol. The molecule has 0 radical (unpaired) electrons. The second-order valence-electron chi connectivity index (χ2n) is 5.17. The van der Waals surface area contributed by atoms with Crippen molar-refractivity contribution in [2.75, 3.05) is 25.4 Å². The number of halogens is 1. The summed E-state index contributed by atoms with van der Waals surface area (Å²) in [5, 5.41) is 8.97. The third-order valence-electron chi connectivity index (χ3n) is 3.60. The lowest BCUT2D eigenvalue weighted by Crippen LogP contribution is -2.22. The molecule has 5 nitrogen and oxygen atoms in total. The SMILES string of the molecule is O=C(O)c1ccc(Br)c(S(=O)(=O)CCCN2CCCC2)c1. The summed E-state index contributed by atoms with van der Waals surface area (Å²) in [6, 6.07) is 4.07. The number of benzene rings is 1. The Morgan fingerprint density at radius 2 is 1.95 bits per heavy atom. The second kappa shape index (κ2) is 6.89. The minimum absolute atomic E-state index is 0.0173. The minimum Gasteiger partial charge on any atom is -0.478 e. The fourth-order valence-electron chi connectivity index (χ4n) is 2.47. The molecule has 1 fully saturated rings. The van der Waals surface area contributed by atoms with Gasteiger partial charge >= 0.3 is 5.97 Å². The molecule has 0 spiro atoms. The fourth-order valence-corrected chi connectivity index (χ4v) is 4.86. The van der Waals surface area contributed by atoms with Crippen LogP contribution in [0.25, 0.3) is 0 Å². The molecule has 7 heteroatoms. The van der Waals surface area contributed by atoms with E-state index in [-0.39, 0.29) is 16.2 Å². The molecule has 0 bridgehead atoms. The summed E-state index contributed by atoms with van der Waals surface area (Å²) in [5.41, 5.74) is -0.0173. The topological polar surface area (TPSA) is 74.7 Å². The number of sulfone groups is 1. The molecule has 1 N–H and O–H groups in total. The number of carbonyl (C=O) groups is 1. The molecule has 0 aliphatic carbocycles. The van der Waals surface area contributed by atoms with Gasteiger partial charge in [-0.2, -0.15) is 0 Å². The first kappa shape index (κ1) is 16.5. The largest absolute Gasteiger partial charge is 0.478 e. The van der Waals surface area contributed by atoms with Crippen molar-refractivity contribution in [3.8, 4) is 0 Å². The van der Waals surface area contributed by atoms with E-state index in [1.807, 2.05) is 0 Å². The van der Waals surface area contributed by atoms with Gasteiger partial charge in [-0.1, -0.05) is 0 Å². The quantitative estimate of drug-likeness (QED) is 0.825. The van der Waals surface area contributed by atoms with Gasteiger partial charge < -0.3 is 10.0 Å². The van der Waals surface area contributed by atoms with E-state index in [1.54, 1.807) is 0 Å². The lowest BCUT2D eigenvalue weighted by molar-refractivity contribution is 0.0696. The van der Waals surface area contributed by atoms with Crippen LogP contribution in [0.1, 0.15) is 29.6 Å². The highest BCUT2D eigenvalue weighted by atomic mass is 79.9. The standard InChI is InChI=1S/C14H18BrNO4S/c15-12-5-4-11(14(17)18)10-13(12)21(19,20)9-3-8-16-6-1-2-7-16/h4-5,10H,1-3,6-9H2,(H,17,18). The smallest absolute Gasteiger partial charge is 0.335 e. The van der Waals surface area contributed by atoms with E-state index < -0.39 is 15.8 Å². The molecule has 1 aliphatic rings. The van der Waals surface area contributed by atoms with Crippen LogP contribution in [0, 0.1) is 0 Å². The summed E-state index contributed by atoms with van der Waals surface area (Å²) in [4.78, 5) is 13.3. The van der Waals surface area contributed by atoms with E-state index in [4.69, 9.17) is 5.11 Å². The Labute approximate surface area is 133 Å². The van der Waals surface area contributed by atoms with E-state index in [0.29, 0.717) is 10.9 Å². The number of aromatic carboxylic acids is 1. The van der Waals surface area contributed by atoms with Gasteiger partial charge in [0.1, 0.15) is 0 Å². The molecule has 2 rings (SSSR count). The number of nitrogens with zero attached hydrogens (tertiary/aromatic N) is 1. The lowest BCUT2D eigenvalue weighted by Gasteiger charge is -2.14. The van der Waals surface area contributed by atoms with Gasteiger partial charge in [0.25, 0.3) is 0 Å². The van der Waals surface area contributed by atoms with Crippen LogP contribution in [0.15, 0.2) is 27.6 Å². The number of hydrogen-bond acceptors (Lipinski definition) is 4. The van der Waals surface area contributed by atoms with Crippen LogP contribution in [0.3, 0.4) is 0 Å². The highest BCUT2D eigenvalue weighted by Gasteiger charge is 2.20. The van der Waals surface area contributed by atoms with Gasteiger partial charge in [0, 0.05) is 4.47 Å². The molecule has 0 saturated carbocycles. The molecule has 0 atom stereocenters. The Bertz CT molecular complexity index is 624. The summed E-state index contributed by atoms with van der Waals surface area (Å²) in [6.45, 7) is 2.85. The summed E-state index contributed by atoms with van der Waals surface area (Å²) in [7, 11) is -3.48. The van der Waals surface area contributed by atoms with E-state index >= 15 is 0 Å². The van der Waals surface area contributed by atoms with Crippen molar-refractivity contribution in [2.45, 2.75) is 24.2 Å². The van der Waals surface area contributed by atoms with Gasteiger partial charge in [-0.25, -0.2) is 13.2 Å². The lowest BCUT2D eigenvalue weighted by atomic mass is 10.2. The van der Waals surface area contributed by atoms with Crippen molar-refractivity contribution in [2.24, 2.45) is 0 Å². The van der Waals surface area contributed by atoms with Crippen LogP contribution in [0.2, 0.25) is 0 Å². The van der Waals surface area contributed by atoms with Crippen molar-refractivity contribution in [1.82, 2.24) is 4.90 Å². The normalized spacial score (nSPS) is 16.2. The molecule has 0 amide bonds. The molecule has 0 unspecified atom stereocenters. The second-order valence-corrected chi connectivity index (χ2v) is 8.10. The van der Waals surface area contributed by atoms with Crippen molar-refractivity contribution in [3.05, 3.63) is 28.2 Å². The van der Waals surface area contributed by atoms with Gasteiger partial charge in [0.2, 0.25) is 0 Å². The molecule has 1 heterocycles. The van der Waals surface area contributed by atoms with Crippen LogP contribution in [-0.4, -0.2) is 49.8 Å². The molecule has 1 aromatic rings. The fraction of sp³-hybridized carbons (Fsp3) is 0.500. The van der Waals surface area contributed by atoms with Crippen LogP contribution in [-0.2, 0) is 9.84 Å². The van der Waals surface area contributed by atoms with Crippen molar-refractivity contribution >= 4 is 31.7 Å². The average molecular weight is 376 g/mol. The third-order valence-corrected chi connectivity index (χ3v) is 6.39. The Morgan fingerprint density at radius 1 is 1.29 bits per heavy atom. The van der Waals surface area contributed by atoms with Gasteiger partial charge in [-0.05, 0) is 73.0 Å². The molecule has 21 heavy (non-hydrogen) atoms. The van der Waals surface area contributed by atoms with Gasteiger partial charge in [0.05, 0.1) is 16.2 Å². The molecular weight excluding hydrogens is 358 g/mol. The number of rotatable bonds is 6. The first-order chi connectivity index (χ1) is 9.90. The highest BCUT2D eigenvalue weighted by molar-refractivity contribution is 9.10. The zero-order valence-electron chi connectivity index (χ0n) is 11.6. The van der Waals surface area contributed by atoms with Crippen LogP contribution in [0.5, 0.6) is 0 Å². The Hall–Kier alpha value is -0.920. The highest BCUT2D eigenvalue weighted by Crippen LogP contribution is 2.25. The zero-order valence-corrected chi connectivity index (χ0v) is 14.0. The van der Waals surface area contributed by atoms with E-state index in [9.17, 15) is 13.2 Å². The molecule has 1 aliphatic heterocycles. The summed E-state index contributed by atoms with van der Waals surface area (Å²) in [6.07, 6.45) is 2.92. The minimum atomic E-state index is -3.48. The average Bonchev–Trinajstić information content (AvgIpc) is 2.91. The first-order valence-electron chi connectivity index (χ1n) is 6.88. The third kappa shape index (κ3) is 4.28. The van der Waals surface area contributed by atoms with Crippen LogP contribution >= 0.6 is 15.9 Å². The molecule has 1 aromatic carbocycles. The first-order valence-corrected chi connectivity index (χ1v) is 9.32. The Morgan fingerprint density at radius 3 is 2.57 bits per heavy atom. The predicted octanol–water partition coefficient (Wildman–Crippen LogP) is 2.41. The molecule has 116 valence electrons. The Balaban J connectivity index is 2.07. The molecule has 0 aromatic heterocycles. The van der Waals surface area contributed by atoms with E-state index in [1.165, 1.54) is 31.0 Å². The van der Waals surface area contributed by atoms with E-state index in [2.05, 4.69) is 20.8 Å². The maximum absolute atomic E-state index is 12.4. The van der Waals surface area contributed by atoms with Crippen LogP contribution in [0.4, 0.5) is 0 Å². The van der Waals surface area contributed by atoms with Gasteiger partial charge in [0.15, 0.2) is 9.84 Å². The number of carboxylic acids is 1. The zero-order chi connectivity index (χ0) is 15.5. The number of hydrogen-bond donors (Lipinski definition) is 1. The maximum Gasteiger partial charge on any atom is 0.335 e. The van der Waals surface area contributed by atoms with Gasteiger partial charge in [-0.15, -0.1) is 0 Å². The van der Waals surface area contributed by atoms with Gasteiger partial charge in [-0.3, -0.25) is 0 Å². The monoisotopic (exact) mass is 375 g/mol. The maximum atomic E-state index is 12.4. The number of likely N-dealkylation sites (tertiary alicyclic amines) is 1.